The van der Waals surface area contributed by atoms with Crippen LogP contribution < -0.4 is 11.1 Å². The van der Waals surface area contributed by atoms with Crippen LogP contribution in [0.4, 0.5) is 0 Å². The van der Waals surface area contributed by atoms with Gasteiger partial charge >= 0.3 is 0 Å². The highest BCUT2D eigenvalue weighted by molar-refractivity contribution is 6.35. The lowest BCUT2D eigenvalue weighted by atomic mass is 10.2. The summed E-state index contributed by atoms with van der Waals surface area (Å²) in [6, 6.07) is 3.68. The van der Waals surface area contributed by atoms with Gasteiger partial charge in [-0.2, -0.15) is 0 Å². The molecule has 0 bridgehead atoms. The van der Waals surface area contributed by atoms with Crippen molar-refractivity contribution in [2.75, 3.05) is 0 Å². The van der Waals surface area contributed by atoms with Crippen molar-refractivity contribution in [2.24, 2.45) is 5.73 Å². The molecule has 0 aromatic heterocycles. The third-order valence-corrected chi connectivity index (χ3v) is 2.34. The Bertz CT molecular complexity index is 415. The fraction of sp³-hybridized carbons (Fsp3) is 0.200. The Morgan fingerprint density at radius 3 is 2.19 bits per heavy atom. The molecule has 0 fully saturated rings. The molecule has 16 heavy (non-hydrogen) atoms. The third kappa shape index (κ3) is 3.40. The van der Waals surface area contributed by atoms with Gasteiger partial charge in [0.05, 0.1) is 0 Å². The molecule has 0 aliphatic heterocycles. The van der Waals surface area contributed by atoms with E-state index in [-0.39, 0.29) is 5.56 Å². The second-order valence-electron chi connectivity index (χ2n) is 3.26. The second-order valence-corrected chi connectivity index (χ2v) is 4.13. The maximum absolute atomic E-state index is 11.6. The Labute approximate surface area is 103 Å². The van der Waals surface area contributed by atoms with Crippen molar-refractivity contribution in [3.63, 3.8) is 0 Å². The van der Waals surface area contributed by atoms with E-state index in [9.17, 15) is 9.59 Å². The normalized spacial score (nSPS) is 11.9. The van der Waals surface area contributed by atoms with Crippen LogP contribution in [0.15, 0.2) is 18.2 Å². The first-order chi connectivity index (χ1) is 7.40. The Morgan fingerprint density at radius 1 is 1.25 bits per heavy atom. The molecule has 0 heterocycles. The maximum atomic E-state index is 11.6. The van der Waals surface area contributed by atoms with Crippen LogP contribution in [0.3, 0.4) is 0 Å². The fourth-order valence-corrected chi connectivity index (χ4v) is 1.56. The van der Waals surface area contributed by atoms with Crippen molar-refractivity contribution >= 4 is 35.0 Å². The molecule has 1 atom stereocenters. The van der Waals surface area contributed by atoms with Crippen molar-refractivity contribution in [3.8, 4) is 0 Å². The van der Waals surface area contributed by atoms with Crippen LogP contribution >= 0.6 is 23.2 Å². The Kier molecular flexibility index (Phi) is 4.15. The van der Waals surface area contributed by atoms with Crippen LogP contribution in [0.5, 0.6) is 0 Å². The average molecular weight is 261 g/mol. The minimum Gasteiger partial charge on any atom is -0.368 e. The van der Waals surface area contributed by atoms with E-state index < -0.39 is 17.9 Å². The molecule has 0 unspecified atom stereocenters. The first kappa shape index (κ1) is 12.8. The lowest BCUT2D eigenvalue weighted by Crippen LogP contribution is -2.42. The number of hydrogen-bond acceptors (Lipinski definition) is 2. The SMILES string of the molecule is C[C@H](NC(=O)c1cc(Cl)cc(Cl)c1)C(N)=O. The van der Waals surface area contributed by atoms with E-state index in [2.05, 4.69) is 5.32 Å². The van der Waals surface area contributed by atoms with Gasteiger partial charge in [-0.05, 0) is 25.1 Å². The first-order valence-electron chi connectivity index (χ1n) is 4.46. The minimum absolute atomic E-state index is 0.283. The molecular formula is C10H10Cl2N2O2. The molecular weight excluding hydrogens is 251 g/mol. The predicted molar refractivity (Wildman–Crippen MR) is 62.6 cm³/mol. The van der Waals surface area contributed by atoms with E-state index in [0.29, 0.717) is 10.0 Å². The zero-order chi connectivity index (χ0) is 12.3. The molecule has 0 radical (unpaired) electrons. The molecule has 0 saturated heterocycles. The number of rotatable bonds is 3. The number of carbonyl (C=O) groups excluding carboxylic acids is 2. The highest BCUT2D eigenvalue weighted by atomic mass is 35.5. The number of amides is 2. The lowest BCUT2D eigenvalue weighted by molar-refractivity contribution is -0.119. The number of nitrogens with one attached hydrogen (secondary N) is 1. The summed E-state index contributed by atoms with van der Waals surface area (Å²) in [5.41, 5.74) is 5.30. The van der Waals surface area contributed by atoms with Crippen molar-refractivity contribution < 1.29 is 9.59 Å². The van der Waals surface area contributed by atoms with Gasteiger partial charge in [0.1, 0.15) is 6.04 Å². The summed E-state index contributed by atoms with van der Waals surface area (Å²) in [5, 5.41) is 3.12. The molecule has 0 spiro atoms. The fourth-order valence-electron chi connectivity index (χ4n) is 1.04. The summed E-state index contributed by atoms with van der Waals surface area (Å²) in [4.78, 5) is 22.4. The molecule has 1 rings (SSSR count). The lowest BCUT2D eigenvalue weighted by Gasteiger charge is -2.10. The monoisotopic (exact) mass is 260 g/mol. The summed E-state index contributed by atoms with van der Waals surface area (Å²) in [6.07, 6.45) is 0. The predicted octanol–water partition coefficient (Wildman–Crippen LogP) is 1.60. The van der Waals surface area contributed by atoms with Crippen LogP contribution in [0, 0.1) is 0 Å². The molecule has 1 aromatic rings. The van der Waals surface area contributed by atoms with Gasteiger partial charge in [0.15, 0.2) is 0 Å². The number of benzene rings is 1. The minimum atomic E-state index is -0.745. The standard InChI is InChI=1S/C10H10Cl2N2O2/c1-5(9(13)15)14-10(16)6-2-7(11)4-8(12)3-6/h2-5H,1H3,(H2,13,15)(H,14,16)/t5-/m0/s1. The van der Waals surface area contributed by atoms with Crippen LogP contribution in [-0.4, -0.2) is 17.9 Å². The van der Waals surface area contributed by atoms with E-state index in [1.807, 2.05) is 0 Å². The third-order valence-electron chi connectivity index (χ3n) is 1.90. The Hall–Kier alpha value is -1.26. The van der Waals surface area contributed by atoms with Crippen LogP contribution in [0.1, 0.15) is 17.3 Å². The highest BCUT2D eigenvalue weighted by Crippen LogP contribution is 2.18. The van der Waals surface area contributed by atoms with Gasteiger partial charge in [0.25, 0.3) is 5.91 Å². The van der Waals surface area contributed by atoms with E-state index in [1.54, 1.807) is 0 Å². The number of primary amides is 1. The smallest absolute Gasteiger partial charge is 0.252 e. The number of nitrogens with two attached hydrogens (primary N) is 1. The van der Waals surface area contributed by atoms with E-state index in [0.717, 1.165) is 0 Å². The molecule has 3 N–H and O–H groups in total. The van der Waals surface area contributed by atoms with E-state index >= 15 is 0 Å². The first-order valence-corrected chi connectivity index (χ1v) is 5.22. The number of carbonyl (C=O) groups is 2. The van der Waals surface area contributed by atoms with Crippen LogP contribution in [0.25, 0.3) is 0 Å². The van der Waals surface area contributed by atoms with E-state index in [1.165, 1.54) is 25.1 Å². The van der Waals surface area contributed by atoms with Crippen molar-refractivity contribution in [2.45, 2.75) is 13.0 Å². The summed E-state index contributed by atoms with van der Waals surface area (Å²) >= 11 is 11.5. The molecule has 0 aliphatic carbocycles. The molecule has 4 nitrogen and oxygen atoms in total. The summed E-state index contributed by atoms with van der Waals surface area (Å²) in [6.45, 7) is 1.49. The average Bonchev–Trinajstić information content (AvgIpc) is 2.15. The molecule has 2 amide bonds. The molecule has 6 heteroatoms. The molecule has 86 valence electrons. The Morgan fingerprint density at radius 2 is 1.75 bits per heavy atom. The zero-order valence-electron chi connectivity index (χ0n) is 8.46. The van der Waals surface area contributed by atoms with Gasteiger partial charge in [-0.1, -0.05) is 23.2 Å². The molecule has 1 aromatic carbocycles. The summed E-state index contributed by atoms with van der Waals surface area (Å²) in [7, 11) is 0. The van der Waals surface area contributed by atoms with Gasteiger partial charge in [-0.15, -0.1) is 0 Å². The van der Waals surface area contributed by atoms with Crippen LogP contribution in [-0.2, 0) is 4.79 Å². The van der Waals surface area contributed by atoms with Gasteiger partial charge in [-0.25, -0.2) is 0 Å². The van der Waals surface area contributed by atoms with E-state index in [4.69, 9.17) is 28.9 Å². The molecule has 0 aliphatic rings. The second kappa shape index (κ2) is 5.18. The van der Waals surface area contributed by atoms with Gasteiger partial charge in [0.2, 0.25) is 5.91 Å². The Balaban J connectivity index is 2.84. The van der Waals surface area contributed by atoms with Gasteiger partial charge in [0, 0.05) is 15.6 Å². The van der Waals surface area contributed by atoms with Crippen molar-refractivity contribution in [3.05, 3.63) is 33.8 Å². The van der Waals surface area contributed by atoms with Crippen molar-refractivity contribution in [1.29, 1.82) is 0 Å². The molecule has 0 saturated carbocycles. The van der Waals surface area contributed by atoms with Gasteiger partial charge < -0.3 is 11.1 Å². The number of hydrogen-bond donors (Lipinski definition) is 2. The number of halogens is 2. The largest absolute Gasteiger partial charge is 0.368 e. The van der Waals surface area contributed by atoms with Crippen LogP contribution in [0.2, 0.25) is 10.0 Å². The maximum Gasteiger partial charge on any atom is 0.252 e. The van der Waals surface area contributed by atoms with Crippen molar-refractivity contribution in [1.82, 2.24) is 5.32 Å². The quantitative estimate of drug-likeness (QED) is 0.867. The summed E-state index contributed by atoms with van der Waals surface area (Å²) < 4.78 is 0. The zero-order valence-corrected chi connectivity index (χ0v) is 9.97. The summed E-state index contributed by atoms with van der Waals surface area (Å²) in [5.74, 6) is -1.06. The topological polar surface area (TPSA) is 72.2 Å². The highest BCUT2D eigenvalue weighted by Gasteiger charge is 2.14. The van der Waals surface area contributed by atoms with Gasteiger partial charge in [-0.3, -0.25) is 9.59 Å².